The first kappa shape index (κ1) is 10.7. The fourth-order valence-electron chi connectivity index (χ4n) is 1.08. The molecule has 1 aromatic heterocycles. The number of nitrogens with zero attached hydrogens (tertiary/aromatic N) is 2. The summed E-state index contributed by atoms with van der Waals surface area (Å²) in [6.07, 6.45) is 2.39. The van der Waals surface area contributed by atoms with Gasteiger partial charge in [-0.3, -0.25) is 4.79 Å². The van der Waals surface area contributed by atoms with Crippen molar-refractivity contribution in [1.29, 1.82) is 0 Å². The lowest BCUT2D eigenvalue weighted by atomic mass is 10.5. The summed E-state index contributed by atoms with van der Waals surface area (Å²) in [5.74, 6) is -1.10. The van der Waals surface area contributed by atoms with Gasteiger partial charge in [-0.1, -0.05) is 0 Å². The summed E-state index contributed by atoms with van der Waals surface area (Å²) in [6.45, 7) is 1.20. The molecule has 0 fully saturated rings. The lowest BCUT2D eigenvalue weighted by Gasteiger charge is -2.01. The van der Waals surface area contributed by atoms with Gasteiger partial charge in [0, 0.05) is 12.5 Å². The molecular weight excluding hydrogens is 208 g/mol. The molecule has 0 aliphatic heterocycles. The SMILES string of the molecule is Cc1cn(CC(=O)O)c(S(C)(=O)=O)n1. The van der Waals surface area contributed by atoms with E-state index < -0.39 is 22.4 Å². The van der Waals surface area contributed by atoms with Crippen molar-refractivity contribution >= 4 is 15.8 Å². The number of aryl methyl sites for hydroxylation is 1. The third-order valence-corrected chi connectivity index (χ3v) is 2.49. The van der Waals surface area contributed by atoms with Crippen LogP contribution in [0, 0.1) is 6.92 Å². The zero-order valence-corrected chi connectivity index (χ0v) is 8.58. The van der Waals surface area contributed by atoms with Gasteiger partial charge in [-0.25, -0.2) is 13.4 Å². The molecule has 0 spiro atoms. The first-order chi connectivity index (χ1) is 6.30. The number of hydrogen-bond donors (Lipinski definition) is 1. The van der Waals surface area contributed by atoms with Crippen LogP contribution in [0.25, 0.3) is 0 Å². The maximum absolute atomic E-state index is 11.2. The molecule has 0 radical (unpaired) electrons. The van der Waals surface area contributed by atoms with Crippen molar-refractivity contribution in [2.75, 3.05) is 6.26 Å². The maximum Gasteiger partial charge on any atom is 0.323 e. The van der Waals surface area contributed by atoms with Gasteiger partial charge in [0.1, 0.15) is 6.54 Å². The number of imidazole rings is 1. The fourth-order valence-corrected chi connectivity index (χ4v) is 1.93. The second-order valence-corrected chi connectivity index (χ2v) is 4.87. The molecule has 0 bridgehead atoms. The Kier molecular flexibility index (Phi) is 2.61. The van der Waals surface area contributed by atoms with E-state index in [4.69, 9.17) is 5.11 Å². The molecule has 1 heterocycles. The summed E-state index contributed by atoms with van der Waals surface area (Å²) in [7, 11) is -3.47. The summed E-state index contributed by atoms with van der Waals surface area (Å²) in [6, 6.07) is 0. The van der Waals surface area contributed by atoms with Crippen LogP contribution in [0.3, 0.4) is 0 Å². The molecule has 0 atom stereocenters. The van der Waals surface area contributed by atoms with E-state index in [0.717, 1.165) is 10.8 Å². The smallest absolute Gasteiger partial charge is 0.323 e. The lowest BCUT2D eigenvalue weighted by molar-refractivity contribution is -0.137. The van der Waals surface area contributed by atoms with Crippen LogP contribution in [0.4, 0.5) is 0 Å². The van der Waals surface area contributed by atoms with Crippen LogP contribution in [-0.4, -0.2) is 35.3 Å². The minimum atomic E-state index is -3.47. The maximum atomic E-state index is 11.2. The highest BCUT2D eigenvalue weighted by molar-refractivity contribution is 7.90. The fraction of sp³-hybridized carbons (Fsp3) is 0.429. The molecule has 0 aromatic carbocycles. The Hall–Kier alpha value is -1.37. The third-order valence-electron chi connectivity index (χ3n) is 1.50. The molecule has 0 aliphatic rings. The van der Waals surface area contributed by atoms with Gasteiger partial charge in [0.05, 0.1) is 5.69 Å². The Labute approximate surface area is 81.1 Å². The summed E-state index contributed by atoms with van der Waals surface area (Å²) < 4.78 is 23.4. The molecule has 1 N–H and O–H groups in total. The zero-order valence-electron chi connectivity index (χ0n) is 7.76. The van der Waals surface area contributed by atoms with E-state index in [1.165, 1.54) is 6.20 Å². The number of aliphatic carboxylic acids is 1. The summed E-state index contributed by atoms with van der Waals surface area (Å²) >= 11 is 0. The highest BCUT2D eigenvalue weighted by Crippen LogP contribution is 2.08. The highest BCUT2D eigenvalue weighted by atomic mass is 32.2. The Morgan fingerprint density at radius 2 is 2.21 bits per heavy atom. The van der Waals surface area contributed by atoms with Gasteiger partial charge in [0.15, 0.2) is 0 Å². The second kappa shape index (κ2) is 3.41. The van der Waals surface area contributed by atoms with Crippen molar-refractivity contribution < 1.29 is 18.3 Å². The Morgan fingerprint density at radius 3 is 2.64 bits per heavy atom. The van der Waals surface area contributed by atoms with E-state index in [-0.39, 0.29) is 5.16 Å². The average molecular weight is 218 g/mol. The molecule has 14 heavy (non-hydrogen) atoms. The van der Waals surface area contributed by atoms with Crippen LogP contribution in [0.15, 0.2) is 11.4 Å². The van der Waals surface area contributed by atoms with E-state index >= 15 is 0 Å². The summed E-state index contributed by atoms with van der Waals surface area (Å²) in [4.78, 5) is 14.2. The first-order valence-electron chi connectivity index (χ1n) is 3.76. The number of hydrogen-bond acceptors (Lipinski definition) is 4. The largest absolute Gasteiger partial charge is 0.480 e. The van der Waals surface area contributed by atoms with Gasteiger partial charge in [-0.2, -0.15) is 0 Å². The van der Waals surface area contributed by atoms with Crippen molar-refractivity contribution in [3.05, 3.63) is 11.9 Å². The number of sulfone groups is 1. The number of carboxylic acid groups (broad SMARTS) is 1. The summed E-state index contributed by atoms with van der Waals surface area (Å²) in [5.41, 5.74) is 0.478. The van der Waals surface area contributed by atoms with Crippen molar-refractivity contribution in [2.45, 2.75) is 18.6 Å². The van der Waals surface area contributed by atoms with Gasteiger partial charge in [0.2, 0.25) is 15.0 Å². The zero-order chi connectivity index (χ0) is 10.9. The van der Waals surface area contributed by atoms with Crippen LogP contribution >= 0.6 is 0 Å². The Morgan fingerprint density at radius 1 is 1.64 bits per heavy atom. The van der Waals surface area contributed by atoms with Crippen molar-refractivity contribution in [3.8, 4) is 0 Å². The van der Waals surface area contributed by atoms with Crippen molar-refractivity contribution in [3.63, 3.8) is 0 Å². The summed E-state index contributed by atoms with van der Waals surface area (Å²) in [5, 5.41) is 8.31. The van der Waals surface area contributed by atoms with Gasteiger partial charge < -0.3 is 9.67 Å². The molecule has 1 rings (SSSR count). The van der Waals surface area contributed by atoms with Gasteiger partial charge in [-0.15, -0.1) is 0 Å². The molecular formula is C7H10N2O4S. The normalized spacial score (nSPS) is 11.6. The van der Waals surface area contributed by atoms with Crippen LogP contribution < -0.4 is 0 Å². The molecule has 0 amide bonds. The van der Waals surface area contributed by atoms with Gasteiger partial charge in [-0.05, 0) is 6.92 Å². The van der Waals surface area contributed by atoms with Crippen molar-refractivity contribution in [1.82, 2.24) is 9.55 Å². The number of carbonyl (C=O) groups is 1. The first-order valence-corrected chi connectivity index (χ1v) is 5.65. The monoisotopic (exact) mass is 218 g/mol. The minimum Gasteiger partial charge on any atom is -0.480 e. The van der Waals surface area contributed by atoms with Crippen LogP contribution in [0.2, 0.25) is 0 Å². The van der Waals surface area contributed by atoms with Crippen LogP contribution in [0.5, 0.6) is 0 Å². The van der Waals surface area contributed by atoms with E-state index in [9.17, 15) is 13.2 Å². The lowest BCUT2D eigenvalue weighted by Crippen LogP contribution is -2.14. The third kappa shape index (κ3) is 2.32. The van der Waals surface area contributed by atoms with Crippen LogP contribution in [0.1, 0.15) is 5.69 Å². The molecule has 6 nitrogen and oxygen atoms in total. The predicted molar refractivity (Wildman–Crippen MR) is 47.7 cm³/mol. The minimum absolute atomic E-state index is 0.211. The molecule has 0 saturated carbocycles. The highest BCUT2D eigenvalue weighted by Gasteiger charge is 2.17. The Balaban J connectivity index is 3.23. The van der Waals surface area contributed by atoms with Crippen LogP contribution in [-0.2, 0) is 21.2 Å². The number of carboxylic acids is 1. The molecule has 1 aromatic rings. The standard InChI is InChI=1S/C7H10N2O4S/c1-5-3-9(4-6(10)11)7(8-5)14(2,12)13/h3H,4H2,1-2H3,(H,10,11). The van der Waals surface area contributed by atoms with Gasteiger partial charge in [0.25, 0.3) is 0 Å². The second-order valence-electron chi connectivity index (χ2n) is 2.96. The molecule has 78 valence electrons. The predicted octanol–water partition coefficient (Wildman–Crippen LogP) is -0.320. The quantitative estimate of drug-likeness (QED) is 0.751. The number of rotatable bonds is 3. The van der Waals surface area contributed by atoms with E-state index in [1.54, 1.807) is 6.92 Å². The van der Waals surface area contributed by atoms with Gasteiger partial charge >= 0.3 is 5.97 Å². The topological polar surface area (TPSA) is 89.3 Å². The number of aromatic nitrogens is 2. The average Bonchev–Trinajstić information content (AvgIpc) is 2.28. The molecule has 0 unspecified atom stereocenters. The molecule has 7 heteroatoms. The van der Waals surface area contributed by atoms with E-state index in [1.807, 2.05) is 0 Å². The van der Waals surface area contributed by atoms with E-state index in [2.05, 4.69) is 4.98 Å². The molecule has 0 aliphatic carbocycles. The van der Waals surface area contributed by atoms with E-state index in [0.29, 0.717) is 5.69 Å². The Bertz CT molecular complexity index is 460. The molecule has 0 saturated heterocycles. The van der Waals surface area contributed by atoms with Crippen molar-refractivity contribution in [2.24, 2.45) is 0 Å².